The van der Waals surface area contributed by atoms with E-state index in [-0.39, 0.29) is 0 Å². The number of hydrogen-bond acceptors (Lipinski definition) is 2. The molecule has 0 unspecified atom stereocenters. The van der Waals surface area contributed by atoms with Crippen molar-refractivity contribution in [2.75, 3.05) is 20.1 Å². The standard InChI is InChI=1S/C11H13N.C2H5NO/c1-2-4-10(5-3-1)11-6-8-12-9-7-11;1-3-2-4/h1-6,12H,7-9H2;2H,1H3,(H,3,4). The molecule has 86 valence electrons. The molecule has 2 rings (SSSR count). The maximum absolute atomic E-state index is 9.06. The van der Waals surface area contributed by atoms with Gasteiger partial charge in [0.15, 0.2) is 0 Å². The topological polar surface area (TPSA) is 41.1 Å². The lowest BCUT2D eigenvalue weighted by Gasteiger charge is -2.13. The van der Waals surface area contributed by atoms with E-state index in [1.807, 2.05) is 0 Å². The van der Waals surface area contributed by atoms with Gasteiger partial charge in [0.05, 0.1) is 0 Å². The van der Waals surface area contributed by atoms with Crippen LogP contribution in [0.3, 0.4) is 0 Å². The van der Waals surface area contributed by atoms with Crippen molar-refractivity contribution in [2.24, 2.45) is 0 Å². The lowest BCUT2D eigenvalue weighted by atomic mass is 10.0. The van der Waals surface area contributed by atoms with E-state index in [0.29, 0.717) is 6.41 Å². The van der Waals surface area contributed by atoms with Crippen molar-refractivity contribution in [3.05, 3.63) is 42.0 Å². The van der Waals surface area contributed by atoms with Gasteiger partial charge in [0, 0.05) is 13.6 Å². The predicted octanol–water partition coefficient (Wildman–Crippen LogP) is 1.43. The van der Waals surface area contributed by atoms with E-state index < -0.39 is 0 Å². The minimum Gasteiger partial charge on any atom is -0.362 e. The SMILES string of the molecule is C1=C(c2ccccc2)CCNC1.CNC=O. The third-order valence-corrected chi connectivity index (χ3v) is 2.33. The molecule has 0 bridgehead atoms. The van der Waals surface area contributed by atoms with Crippen molar-refractivity contribution < 1.29 is 4.79 Å². The van der Waals surface area contributed by atoms with Crippen LogP contribution in [0.25, 0.3) is 5.57 Å². The molecule has 1 aliphatic heterocycles. The van der Waals surface area contributed by atoms with Gasteiger partial charge in [0.25, 0.3) is 0 Å². The van der Waals surface area contributed by atoms with Gasteiger partial charge in [0.2, 0.25) is 6.41 Å². The monoisotopic (exact) mass is 218 g/mol. The highest BCUT2D eigenvalue weighted by atomic mass is 16.1. The molecule has 0 fully saturated rings. The molecule has 0 aliphatic carbocycles. The van der Waals surface area contributed by atoms with Gasteiger partial charge in [-0.1, -0.05) is 36.4 Å². The Labute approximate surface area is 96.6 Å². The maximum Gasteiger partial charge on any atom is 0.206 e. The van der Waals surface area contributed by atoms with Crippen LogP contribution in [0, 0.1) is 0 Å². The number of hydrogen-bond donors (Lipinski definition) is 2. The van der Waals surface area contributed by atoms with Crippen LogP contribution in [-0.2, 0) is 4.79 Å². The zero-order chi connectivity index (χ0) is 11.6. The molecule has 0 saturated carbocycles. The van der Waals surface area contributed by atoms with E-state index in [1.54, 1.807) is 7.05 Å². The van der Waals surface area contributed by atoms with Gasteiger partial charge >= 0.3 is 0 Å². The quantitative estimate of drug-likeness (QED) is 0.737. The molecule has 0 spiro atoms. The molecule has 16 heavy (non-hydrogen) atoms. The zero-order valence-corrected chi connectivity index (χ0v) is 9.57. The number of carbonyl (C=O) groups excluding carboxylic acids is 1. The number of carbonyl (C=O) groups is 1. The summed E-state index contributed by atoms with van der Waals surface area (Å²) >= 11 is 0. The summed E-state index contributed by atoms with van der Waals surface area (Å²) in [6, 6.07) is 10.6. The van der Waals surface area contributed by atoms with E-state index in [2.05, 4.69) is 47.0 Å². The first-order valence-corrected chi connectivity index (χ1v) is 5.44. The first kappa shape index (κ1) is 12.5. The summed E-state index contributed by atoms with van der Waals surface area (Å²) in [4.78, 5) is 9.06. The fraction of sp³-hybridized carbons (Fsp3) is 0.308. The van der Waals surface area contributed by atoms with Crippen LogP contribution in [0.5, 0.6) is 0 Å². The third kappa shape index (κ3) is 4.28. The molecule has 1 heterocycles. The normalized spacial score (nSPS) is 14.2. The molecular weight excluding hydrogens is 200 g/mol. The summed E-state index contributed by atoms with van der Waals surface area (Å²) in [6.07, 6.45) is 4.06. The maximum atomic E-state index is 9.06. The molecule has 0 saturated heterocycles. The smallest absolute Gasteiger partial charge is 0.206 e. The Morgan fingerprint density at radius 1 is 1.31 bits per heavy atom. The van der Waals surface area contributed by atoms with Crippen LogP contribution in [0.1, 0.15) is 12.0 Å². The third-order valence-electron chi connectivity index (χ3n) is 2.33. The van der Waals surface area contributed by atoms with Gasteiger partial charge in [-0.25, -0.2) is 0 Å². The summed E-state index contributed by atoms with van der Waals surface area (Å²) in [5.74, 6) is 0. The van der Waals surface area contributed by atoms with Crippen LogP contribution in [0.2, 0.25) is 0 Å². The summed E-state index contributed by atoms with van der Waals surface area (Å²) in [5.41, 5.74) is 2.85. The van der Waals surface area contributed by atoms with Gasteiger partial charge in [-0.2, -0.15) is 0 Å². The summed E-state index contributed by atoms with van der Waals surface area (Å²) in [6.45, 7) is 2.13. The van der Waals surface area contributed by atoms with E-state index in [4.69, 9.17) is 4.79 Å². The first-order valence-electron chi connectivity index (χ1n) is 5.44. The highest BCUT2D eigenvalue weighted by molar-refractivity contribution is 5.66. The minimum atomic E-state index is 0.625. The number of nitrogens with one attached hydrogen (secondary N) is 2. The van der Waals surface area contributed by atoms with Crippen LogP contribution < -0.4 is 10.6 Å². The highest BCUT2D eigenvalue weighted by Gasteiger charge is 2.03. The Kier molecular flexibility index (Phi) is 5.96. The van der Waals surface area contributed by atoms with E-state index >= 15 is 0 Å². The molecule has 0 aromatic heterocycles. The summed E-state index contributed by atoms with van der Waals surface area (Å²) < 4.78 is 0. The van der Waals surface area contributed by atoms with E-state index in [1.165, 1.54) is 11.1 Å². The Balaban J connectivity index is 0.000000280. The second-order valence-corrected chi connectivity index (χ2v) is 3.46. The van der Waals surface area contributed by atoms with E-state index in [0.717, 1.165) is 19.5 Å². The highest BCUT2D eigenvalue weighted by Crippen LogP contribution is 2.18. The lowest BCUT2D eigenvalue weighted by molar-refractivity contribution is -0.109. The van der Waals surface area contributed by atoms with Crippen LogP contribution in [-0.4, -0.2) is 26.5 Å². The summed E-state index contributed by atoms with van der Waals surface area (Å²) in [5, 5.41) is 5.56. The Morgan fingerprint density at radius 2 is 2.00 bits per heavy atom. The molecular formula is C13H18N2O. The largest absolute Gasteiger partial charge is 0.362 e. The van der Waals surface area contributed by atoms with Crippen molar-refractivity contribution in [1.29, 1.82) is 0 Å². The number of rotatable bonds is 2. The predicted molar refractivity (Wildman–Crippen MR) is 67.0 cm³/mol. The molecule has 3 heteroatoms. The fourth-order valence-electron chi connectivity index (χ4n) is 1.54. The van der Waals surface area contributed by atoms with Gasteiger partial charge in [0.1, 0.15) is 0 Å². The first-order chi connectivity index (χ1) is 7.88. The Hall–Kier alpha value is -1.61. The number of amides is 1. The Morgan fingerprint density at radius 3 is 2.50 bits per heavy atom. The van der Waals surface area contributed by atoms with Crippen molar-refractivity contribution in [2.45, 2.75) is 6.42 Å². The van der Waals surface area contributed by atoms with Crippen molar-refractivity contribution in [3.63, 3.8) is 0 Å². The van der Waals surface area contributed by atoms with Crippen LogP contribution in [0.4, 0.5) is 0 Å². The molecule has 1 amide bonds. The molecule has 2 N–H and O–H groups in total. The minimum absolute atomic E-state index is 0.625. The molecule has 0 radical (unpaired) electrons. The van der Waals surface area contributed by atoms with Gasteiger partial charge in [-0.15, -0.1) is 0 Å². The molecule has 1 aliphatic rings. The van der Waals surface area contributed by atoms with Crippen molar-refractivity contribution >= 4 is 12.0 Å². The lowest BCUT2D eigenvalue weighted by Crippen LogP contribution is -2.19. The second kappa shape index (κ2) is 7.65. The average Bonchev–Trinajstić information content (AvgIpc) is 2.41. The molecule has 0 atom stereocenters. The van der Waals surface area contributed by atoms with Crippen LogP contribution in [0.15, 0.2) is 36.4 Å². The van der Waals surface area contributed by atoms with Gasteiger partial charge < -0.3 is 10.6 Å². The second-order valence-electron chi connectivity index (χ2n) is 3.46. The average molecular weight is 218 g/mol. The van der Waals surface area contributed by atoms with Gasteiger partial charge in [-0.3, -0.25) is 4.79 Å². The summed E-state index contributed by atoms with van der Waals surface area (Å²) in [7, 11) is 1.56. The van der Waals surface area contributed by atoms with Crippen molar-refractivity contribution in [3.8, 4) is 0 Å². The fourth-order valence-corrected chi connectivity index (χ4v) is 1.54. The molecule has 3 nitrogen and oxygen atoms in total. The van der Waals surface area contributed by atoms with E-state index in [9.17, 15) is 0 Å². The van der Waals surface area contributed by atoms with Crippen molar-refractivity contribution in [1.82, 2.24) is 10.6 Å². The van der Waals surface area contributed by atoms with Gasteiger partial charge in [-0.05, 0) is 24.1 Å². The zero-order valence-electron chi connectivity index (χ0n) is 9.57. The molecule has 1 aromatic rings. The molecule has 1 aromatic carbocycles. The van der Waals surface area contributed by atoms with Crippen LogP contribution >= 0.6 is 0 Å². The number of benzene rings is 1. The Bertz CT molecular complexity index is 333.